The molecule has 0 aliphatic rings. The number of aliphatic hydroxyl groups is 1. The highest BCUT2D eigenvalue weighted by Crippen LogP contribution is 2.39. The van der Waals surface area contributed by atoms with Crippen molar-refractivity contribution in [1.82, 2.24) is 0 Å². The average molecular weight is 312 g/mol. The third-order valence-corrected chi connectivity index (χ3v) is 5.32. The maximum absolute atomic E-state index is 10.8. The quantitative estimate of drug-likeness (QED) is 0.684. The van der Waals surface area contributed by atoms with Crippen molar-refractivity contribution < 1.29 is 5.11 Å². The van der Waals surface area contributed by atoms with Crippen molar-refractivity contribution in [3.05, 3.63) is 76.5 Å². The summed E-state index contributed by atoms with van der Waals surface area (Å²) in [6.45, 7) is 1.84. The minimum Gasteiger partial charge on any atom is -0.381 e. The summed E-state index contributed by atoms with van der Waals surface area (Å²) in [6, 6.07) is 16.2. The van der Waals surface area contributed by atoms with Crippen LogP contribution in [0.3, 0.4) is 0 Å². The van der Waals surface area contributed by atoms with Crippen LogP contribution < -0.4 is 0 Å². The first kappa shape index (κ1) is 14.3. The zero-order valence-corrected chi connectivity index (χ0v) is 13.3. The van der Waals surface area contributed by atoms with Gasteiger partial charge in [-0.3, -0.25) is 0 Å². The molecule has 0 radical (unpaired) electrons. The van der Waals surface area contributed by atoms with E-state index in [0.29, 0.717) is 0 Å². The van der Waals surface area contributed by atoms with Gasteiger partial charge >= 0.3 is 0 Å². The third kappa shape index (κ3) is 3.16. The lowest BCUT2D eigenvalue weighted by atomic mass is 9.95. The maximum Gasteiger partial charge on any atom is 0.107 e. The molecule has 1 atom stereocenters. The summed E-state index contributed by atoms with van der Waals surface area (Å²) in [5.74, 6) is 0. The van der Waals surface area contributed by atoms with Gasteiger partial charge in [0.2, 0.25) is 0 Å². The predicted octanol–water partition coefficient (Wildman–Crippen LogP) is 5.40. The Morgan fingerprint density at radius 1 is 0.952 bits per heavy atom. The molecule has 1 N–H and O–H groups in total. The fraction of sp³-hybridized carbons (Fsp3) is 0.111. The van der Waals surface area contributed by atoms with E-state index in [4.69, 9.17) is 0 Å². The summed E-state index contributed by atoms with van der Waals surface area (Å²) >= 11 is 3.37. The largest absolute Gasteiger partial charge is 0.381 e. The monoisotopic (exact) mass is 312 g/mol. The Morgan fingerprint density at radius 3 is 2.48 bits per heavy atom. The molecule has 0 saturated heterocycles. The zero-order chi connectivity index (χ0) is 14.7. The minimum absolute atomic E-state index is 0.960. The molecule has 0 spiro atoms. The first-order valence-electron chi connectivity index (χ1n) is 6.75. The van der Waals surface area contributed by atoms with Crippen LogP contribution in [0.5, 0.6) is 0 Å². The van der Waals surface area contributed by atoms with Gasteiger partial charge in [0, 0.05) is 10.4 Å². The van der Waals surface area contributed by atoms with Crippen molar-refractivity contribution in [3.63, 3.8) is 0 Å². The molecule has 0 fully saturated rings. The molecule has 3 heteroatoms. The third-order valence-electron chi connectivity index (χ3n) is 3.36. The molecule has 0 bridgehead atoms. The van der Waals surface area contributed by atoms with E-state index in [1.54, 1.807) is 22.7 Å². The standard InChI is InChI=1S/C18H16OS2/c1-18(19,11-9-14-6-3-2-4-7-14)15-10-13-21-17(15)16-8-5-12-20-16/h2-13,19H,1H3/b11-9+. The normalized spacial score (nSPS) is 14.4. The molecule has 3 aromatic rings. The van der Waals surface area contributed by atoms with E-state index >= 15 is 0 Å². The second kappa shape index (κ2) is 5.98. The van der Waals surface area contributed by atoms with Crippen molar-refractivity contribution >= 4 is 28.7 Å². The van der Waals surface area contributed by atoms with Crippen molar-refractivity contribution in [2.24, 2.45) is 0 Å². The fourth-order valence-corrected chi connectivity index (χ4v) is 4.11. The smallest absolute Gasteiger partial charge is 0.107 e. The lowest BCUT2D eigenvalue weighted by Gasteiger charge is -2.20. The van der Waals surface area contributed by atoms with Crippen molar-refractivity contribution in [2.75, 3.05) is 0 Å². The molecule has 21 heavy (non-hydrogen) atoms. The zero-order valence-electron chi connectivity index (χ0n) is 11.7. The molecule has 106 valence electrons. The van der Waals surface area contributed by atoms with Gasteiger partial charge in [-0.2, -0.15) is 0 Å². The average Bonchev–Trinajstić information content (AvgIpc) is 3.16. The van der Waals surface area contributed by atoms with Gasteiger partial charge in [0.15, 0.2) is 0 Å². The van der Waals surface area contributed by atoms with Crippen LogP contribution in [0.15, 0.2) is 65.4 Å². The SMILES string of the molecule is CC(O)(/C=C/c1ccccc1)c1ccsc1-c1cccs1. The Hall–Kier alpha value is -1.68. The summed E-state index contributed by atoms with van der Waals surface area (Å²) < 4.78 is 0. The van der Waals surface area contributed by atoms with Gasteiger partial charge in [-0.15, -0.1) is 22.7 Å². The Bertz CT molecular complexity index is 722. The molecule has 1 unspecified atom stereocenters. The summed E-state index contributed by atoms with van der Waals surface area (Å²) in [7, 11) is 0. The van der Waals surface area contributed by atoms with Gasteiger partial charge in [0.1, 0.15) is 5.60 Å². The number of benzene rings is 1. The van der Waals surface area contributed by atoms with Crippen LogP contribution in [-0.4, -0.2) is 5.11 Å². The number of thiophene rings is 2. The Kier molecular flexibility index (Phi) is 4.06. The fourth-order valence-electron chi connectivity index (χ4n) is 2.22. The van der Waals surface area contributed by atoms with Crippen LogP contribution in [-0.2, 0) is 5.60 Å². The number of rotatable bonds is 4. The van der Waals surface area contributed by atoms with Gasteiger partial charge in [-0.05, 0) is 41.5 Å². The van der Waals surface area contributed by atoms with Crippen LogP contribution >= 0.6 is 22.7 Å². The first-order valence-corrected chi connectivity index (χ1v) is 8.51. The van der Waals surface area contributed by atoms with Crippen molar-refractivity contribution in [3.8, 4) is 9.75 Å². The lowest BCUT2D eigenvalue weighted by molar-refractivity contribution is 0.113. The van der Waals surface area contributed by atoms with Crippen LogP contribution in [0.2, 0.25) is 0 Å². The van der Waals surface area contributed by atoms with E-state index in [9.17, 15) is 5.11 Å². The summed E-state index contributed by atoms with van der Waals surface area (Å²) in [5, 5.41) is 14.9. The number of hydrogen-bond acceptors (Lipinski definition) is 3. The Labute approximate surface area is 132 Å². The van der Waals surface area contributed by atoms with Crippen molar-refractivity contribution in [1.29, 1.82) is 0 Å². The van der Waals surface area contributed by atoms with Crippen LogP contribution in [0.4, 0.5) is 0 Å². The highest BCUT2D eigenvalue weighted by Gasteiger charge is 2.24. The highest BCUT2D eigenvalue weighted by molar-refractivity contribution is 7.20. The van der Waals surface area contributed by atoms with Crippen molar-refractivity contribution in [2.45, 2.75) is 12.5 Å². The molecule has 0 aliphatic carbocycles. The number of hydrogen-bond donors (Lipinski definition) is 1. The molecule has 0 aliphatic heterocycles. The summed E-state index contributed by atoms with van der Waals surface area (Å²) in [5.41, 5.74) is 1.07. The van der Waals surface area contributed by atoms with E-state index in [0.717, 1.165) is 16.0 Å². The van der Waals surface area contributed by atoms with Gasteiger partial charge in [0.05, 0.1) is 4.88 Å². The molecule has 0 amide bonds. The van der Waals surface area contributed by atoms with E-state index in [1.165, 1.54) is 4.88 Å². The molecule has 2 aromatic heterocycles. The van der Waals surface area contributed by atoms with Gasteiger partial charge in [0.25, 0.3) is 0 Å². The second-order valence-electron chi connectivity index (χ2n) is 5.03. The molecule has 3 rings (SSSR count). The van der Waals surface area contributed by atoms with Gasteiger partial charge < -0.3 is 5.11 Å². The van der Waals surface area contributed by atoms with E-state index < -0.39 is 5.60 Å². The molecule has 0 saturated carbocycles. The molecular formula is C18H16OS2. The van der Waals surface area contributed by atoms with Crippen LogP contribution in [0, 0.1) is 0 Å². The Morgan fingerprint density at radius 2 is 1.76 bits per heavy atom. The maximum atomic E-state index is 10.8. The topological polar surface area (TPSA) is 20.2 Å². The summed E-state index contributed by atoms with van der Waals surface area (Å²) in [4.78, 5) is 2.35. The highest BCUT2D eigenvalue weighted by atomic mass is 32.1. The van der Waals surface area contributed by atoms with E-state index in [-0.39, 0.29) is 0 Å². The molecule has 1 aromatic carbocycles. The summed E-state index contributed by atoms with van der Waals surface area (Å²) in [6.07, 6.45) is 3.83. The molecule has 1 nitrogen and oxygen atoms in total. The lowest BCUT2D eigenvalue weighted by Crippen LogP contribution is -2.17. The molecular weight excluding hydrogens is 296 g/mol. The van der Waals surface area contributed by atoms with Crippen LogP contribution in [0.1, 0.15) is 18.1 Å². The van der Waals surface area contributed by atoms with E-state index in [1.807, 2.05) is 66.9 Å². The van der Waals surface area contributed by atoms with E-state index in [2.05, 4.69) is 11.4 Å². The minimum atomic E-state index is -0.977. The van der Waals surface area contributed by atoms with Gasteiger partial charge in [-0.1, -0.05) is 42.5 Å². The first-order chi connectivity index (χ1) is 10.2. The van der Waals surface area contributed by atoms with Gasteiger partial charge in [-0.25, -0.2) is 0 Å². The van der Waals surface area contributed by atoms with Crippen LogP contribution in [0.25, 0.3) is 15.8 Å². The second-order valence-corrected chi connectivity index (χ2v) is 6.90. The predicted molar refractivity (Wildman–Crippen MR) is 92.7 cm³/mol. The Balaban J connectivity index is 1.92. The molecule has 2 heterocycles.